The topological polar surface area (TPSA) is 64.6 Å². The van der Waals surface area contributed by atoms with E-state index in [2.05, 4.69) is 5.32 Å². The first-order valence-corrected chi connectivity index (χ1v) is 6.12. The predicted molar refractivity (Wildman–Crippen MR) is 71.8 cm³/mol. The first kappa shape index (κ1) is 15.0. The molecule has 19 heavy (non-hydrogen) atoms. The van der Waals surface area contributed by atoms with Crippen LogP contribution in [0.5, 0.6) is 11.5 Å². The van der Waals surface area contributed by atoms with Gasteiger partial charge < -0.3 is 14.8 Å². The van der Waals surface area contributed by atoms with E-state index in [0.717, 1.165) is 0 Å². The summed E-state index contributed by atoms with van der Waals surface area (Å²) >= 11 is 0. The van der Waals surface area contributed by atoms with E-state index in [1.807, 2.05) is 13.8 Å². The quantitative estimate of drug-likeness (QED) is 0.763. The normalized spacial score (nSPS) is 10.1. The van der Waals surface area contributed by atoms with Gasteiger partial charge in [0.05, 0.1) is 25.7 Å². The van der Waals surface area contributed by atoms with Crippen LogP contribution in [0.1, 0.15) is 30.6 Å². The van der Waals surface area contributed by atoms with Gasteiger partial charge in [-0.3, -0.25) is 9.59 Å². The number of hydrogen-bond donors (Lipinski definition) is 1. The van der Waals surface area contributed by atoms with Crippen molar-refractivity contribution >= 4 is 12.2 Å². The summed E-state index contributed by atoms with van der Waals surface area (Å²) in [5, 5.41) is 2.77. The van der Waals surface area contributed by atoms with Gasteiger partial charge in [-0.15, -0.1) is 0 Å². The zero-order chi connectivity index (χ0) is 14.3. The zero-order valence-corrected chi connectivity index (χ0v) is 11.4. The van der Waals surface area contributed by atoms with E-state index in [4.69, 9.17) is 9.47 Å². The number of carbonyl (C=O) groups is 2. The fourth-order valence-corrected chi connectivity index (χ4v) is 1.58. The van der Waals surface area contributed by atoms with Gasteiger partial charge in [-0.2, -0.15) is 0 Å². The fourth-order valence-electron chi connectivity index (χ4n) is 1.58. The van der Waals surface area contributed by atoms with Crippen molar-refractivity contribution in [2.45, 2.75) is 26.3 Å². The molecule has 0 saturated carbocycles. The van der Waals surface area contributed by atoms with Gasteiger partial charge in [0.1, 0.15) is 0 Å². The molecular formula is C14H19NO4. The van der Waals surface area contributed by atoms with Crippen molar-refractivity contribution in [3.05, 3.63) is 23.8 Å². The molecule has 1 aromatic rings. The molecule has 0 bridgehead atoms. The number of para-hydroxylation sites is 1. The van der Waals surface area contributed by atoms with Crippen LogP contribution in [0, 0.1) is 0 Å². The Kier molecular flexibility index (Phi) is 5.85. The second-order valence-corrected chi connectivity index (χ2v) is 4.32. The Labute approximate surface area is 112 Å². The number of benzene rings is 1. The van der Waals surface area contributed by atoms with Gasteiger partial charge in [0.2, 0.25) is 5.91 Å². The molecule has 1 N–H and O–H groups in total. The molecule has 0 radical (unpaired) electrons. The van der Waals surface area contributed by atoms with Gasteiger partial charge in [-0.25, -0.2) is 0 Å². The van der Waals surface area contributed by atoms with Gasteiger partial charge >= 0.3 is 0 Å². The lowest BCUT2D eigenvalue weighted by molar-refractivity contribution is -0.122. The molecule has 0 spiro atoms. The maximum atomic E-state index is 11.5. The Morgan fingerprint density at radius 3 is 2.74 bits per heavy atom. The molecule has 1 amide bonds. The molecule has 0 saturated heterocycles. The van der Waals surface area contributed by atoms with Crippen LogP contribution >= 0.6 is 0 Å². The molecular weight excluding hydrogens is 246 g/mol. The number of rotatable bonds is 7. The van der Waals surface area contributed by atoms with Crippen molar-refractivity contribution in [2.24, 2.45) is 0 Å². The third kappa shape index (κ3) is 4.62. The lowest BCUT2D eigenvalue weighted by atomic mass is 10.2. The molecule has 0 aliphatic rings. The van der Waals surface area contributed by atoms with Crippen molar-refractivity contribution in [1.82, 2.24) is 5.32 Å². The molecule has 0 aliphatic carbocycles. The van der Waals surface area contributed by atoms with Crippen LogP contribution in [0.15, 0.2) is 18.2 Å². The standard InChI is InChI=1S/C14H19NO4/c1-10(2)15-13(17)7-8-19-14-11(9-16)5-4-6-12(14)18-3/h4-6,9-10H,7-8H2,1-3H3,(H,15,17). The minimum Gasteiger partial charge on any atom is -0.493 e. The average Bonchev–Trinajstić information content (AvgIpc) is 2.37. The highest BCUT2D eigenvalue weighted by Crippen LogP contribution is 2.29. The number of ether oxygens (including phenoxy) is 2. The Hall–Kier alpha value is -2.04. The minimum absolute atomic E-state index is 0.0856. The molecule has 5 nitrogen and oxygen atoms in total. The molecule has 104 valence electrons. The van der Waals surface area contributed by atoms with Crippen LogP contribution in [-0.2, 0) is 4.79 Å². The third-order valence-corrected chi connectivity index (χ3v) is 2.38. The molecule has 5 heteroatoms. The van der Waals surface area contributed by atoms with E-state index in [-0.39, 0.29) is 25.0 Å². The van der Waals surface area contributed by atoms with Crippen molar-refractivity contribution < 1.29 is 19.1 Å². The maximum Gasteiger partial charge on any atom is 0.223 e. The Balaban J connectivity index is 2.62. The van der Waals surface area contributed by atoms with Crippen LogP contribution < -0.4 is 14.8 Å². The van der Waals surface area contributed by atoms with E-state index in [1.165, 1.54) is 7.11 Å². The second-order valence-electron chi connectivity index (χ2n) is 4.32. The highest BCUT2D eigenvalue weighted by Gasteiger charge is 2.11. The summed E-state index contributed by atoms with van der Waals surface area (Å²) in [4.78, 5) is 22.4. The summed E-state index contributed by atoms with van der Waals surface area (Å²) in [5.74, 6) is 0.767. The van der Waals surface area contributed by atoms with Crippen LogP contribution in [0.25, 0.3) is 0 Å². The Morgan fingerprint density at radius 2 is 2.16 bits per heavy atom. The summed E-state index contributed by atoms with van der Waals surface area (Å²) in [6, 6.07) is 5.15. The summed E-state index contributed by atoms with van der Waals surface area (Å²) in [7, 11) is 1.50. The summed E-state index contributed by atoms with van der Waals surface area (Å²) in [6.07, 6.45) is 0.931. The monoisotopic (exact) mass is 265 g/mol. The van der Waals surface area contributed by atoms with Crippen LogP contribution in [0.2, 0.25) is 0 Å². The Bertz CT molecular complexity index is 443. The summed E-state index contributed by atoms with van der Waals surface area (Å²) < 4.78 is 10.6. The highest BCUT2D eigenvalue weighted by molar-refractivity contribution is 5.81. The second kappa shape index (κ2) is 7.41. The van der Waals surface area contributed by atoms with Gasteiger partial charge in [0.25, 0.3) is 0 Å². The highest BCUT2D eigenvalue weighted by atomic mass is 16.5. The van der Waals surface area contributed by atoms with E-state index >= 15 is 0 Å². The lowest BCUT2D eigenvalue weighted by Crippen LogP contribution is -2.31. The lowest BCUT2D eigenvalue weighted by Gasteiger charge is -2.13. The molecule has 0 atom stereocenters. The molecule has 1 rings (SSSR count). The van der Waals surface area contributed by atoms with Crippen molar-refractivity contribution in [2.75, 3.05) is 13.7 Å². The van der Waals surface area contributed by atoms with E-state index < -0.39 is 0 Å². The molecule has 0 aromatic heterocycles. The largest absolute Gasteiger partial charge is 0.493 e. The van der Waals surface area contributed by atoms with Crippen LogP contribution in [0.4, 0.5) is 0 Å². The minimum atomic E-state index is -0.0856. The fraction of sp³-hybridized carbons (Fsp3) is 0.429. The van der Waals surface area contributed by atoms with Gasteiger partial charge in [-0.05, 0) is 26.0 Å². The van der Waals surface area contributed by atoms with Gasteiger partial charge in [0, 0.05) is 6.04 Å². The number of methoxy groups -OCH3 is 1. The number of hydrogen-bond acceptors (Lipinski definition) is 4. The zero-order valence-electron chi connectivity index (χ0n) is 11.4. The number of aldehydes is 1. The molecule has 0 unspecified atom stereocenters. The number of nitrogens with one attached hydrogen (secondary N) is 1. The third-order valence-electron chi connectivity index (χ3n) is 2.38. The summed E-state index contributed by atoms with van der Waals surface area (Å²) in [6.45, 7) is 3.98. The van der Waals surface area contributed by atoms with E-state index in [0.29, 0.717) is 23.3 Å². The van der Waals surface area contributed by atoms with E-state index in [9.17, 15) is 9.59 Å². The smallest absolute Gasteiger partial charge is 0.223 e. The van der Waals surface area contributed by atoms with Crippen LogP contribution in [-0.4, -0.2) is 32.0 Å². The first-order valence-electron chi connectivity index (χ1n) is 6.12. The average molecular weight is 265 g/mol. The molecule has 0 heterocycles. The molecule has 1 aromatic carbocycles. The van der Waals surface area contributed by atoms with E-state index in [1.54, 1.807) is 18.2 Å². The number of carbonyl (C=O) groups excluding carboxylic acids is 2. The SMILES string of the molecule is COc1cccc(C=O)c1OCCC(=O)NC(C)C. The predicted octanol–water partition coefficient (Wildman–Crippen LogP) is 1.80. The van der Waals surface area contributed by atoms with Crippen molar-refractivity contribution in [1.29, 1.82) is 0 Å². The molecule has 0 fully saturated rings. The van der Waals surface area contributed by atoms with Crippen LogP contribution in [0.3, 0.4) is 0 Å². The first-order chi connectivity index (χ1) is 9.08. The summed E-state index contributed by atoms with van der Waals surface area (Å²) in [5.41, 5.74) is 0.406. The Morgan fingerprint density at radius 1 is 1.42 bits per heavy atom. The van der Waals surface area contributed by atoms with Gasteiger partial charge in [-0.1, -0.05) is 6.07 Å². The number of amides is 1. The molecule has 0 aliphatic heterocycles. The van der Waals surface area contributed by atoms with Crippen molar-refractivity contribution in [3.8, 4) is 11.5 Å². The van der Waals surface area contributed by atoms with Gasteiger partial charge in [0.15, 0.2) is 17.8 Å². The maximum absolute atomic E-state index is 11.5. The van der Waals surface area contributed by atoms with Crippen molar-refractivity contribution in [3.63, 3.8) is 0 Å².